The fourth-order valence-electron chi connectivity index (χ4n) is 2.46. The van der Waals surface area contributed by atoms with Crippen molar-refractivity contribution in [3.8, 4) is 0 Å². The number of anilines is 1. The highest BCUT2D eigenvalue weighted by molar-refractivity contribution is 6.09. The number of amides is 1. The summed E-state index contributed by atoms with van der Waals surface area (Å²) in [5, 5.41) is 10.9. The molecular formula is C15H11F6NO3. The topological polar surface area (TPSA) is 66.4 Å². The van der Waals surface area contributed by atoms with Gasteiger partial charge in [0.05, 0.1) is 11.1 Å². The van der Waals surface area contributed by atoms with E-state index in [0.717, 1.165) is 0 Å². The van der Waals surface area contributed by atoms with Gasteiger partial charge in [-0.05, 0) is 37.5 Å². The summed E-state index contributed by atoms with van der Waals surface area (Å²) in [4.78, 5) is 23.1. The van der Waals surface area contributed by atoms with Gasteiger partial charge in [0, 0.05) is 16.8 Å². The molecule has 4 nitrogen and oxygen atoms in total. The van der Waals surface area contributed by atoms with E-state index in [4.69, 9.17) is 5.11 Å². The van der Waals surface area contributed by atoms with Crippen molar-refractivity contribution in [3.05, 3.63) is 40.5 Å². The summed E-state index contributed by atoms with van der Waals surface area (Å²) in [6.45, 7) is 0. The van der Waals surface area contributed by atoms with Gasteiger partial charge in [0.2, 0.25) is 0 Å². The SMILES string of the molecule is O=C(O)C1=C(C(=O)Nc2cc(C(F)(F)F)cc(C(F)(F)F)c2)CCC1. The van der Waals surface area contributed by atoms with Crippen LogP contribution in [0.1, 0.15) is 30.4 Å². The van der Waals surface area contributed by atoms with Crippen molar-refractivity contribution in [2.24, 2.45) is 0 Å². The molecule has 0 unspecified atom stereocenters. The van der Waals surface area contributed by atoms with Crippen molar-refractivity contribution >= 4 is 17.6 Å². The van der Waals surface area contributed by atoms with Crippen LogP contribution >= 0.6 is 0 Å². The van der Waals surface area contributed by atoms with Crippen molar-refractivity contribution in [1.82, 2.24) is 0 Å². The molecule has 136 valence electrons. The van der Waals surface area contributed by atoms with Crippen LogP contribution in [0.5, 0.6) is 0 Å². The fourth-order valence-corrected chi connectivity index (χ4v) is 2.46. The van der Waals surface area contributed by atoms with Crippen molar-refractivity contribution in [2.45, 2.75) is 31.6 Å². The maximum atomic E-state index is 12.8. The number of rotatable bonds is 3. The van der Waals surface area contributed by atoms with Crippen LogP contribution in [-0.4, -0.2) is 17.0 Å². The van der Waals surface area contributed by atoms with E-state index in [9.17, 15) is 35.9 Å². The van der Waals surface area contributed by atoms with Gasteiger partial charge in [0.15, 0.2) is 0 Å². The van der Waals surface area contributed by atoms with Gasteiger partial charge >= 0.3 is 18.3 Å². The van der Waals surface area contributed by atoms with E-state index < -0.39 is 41.0 Å². The molecular weight excluding hydrogens is 356 g/mol. The molecule has 1 aliphatic rings. The second kappa shape index (κ2) is 6.41. The van der Waals surface area contributed by atoms with Gasteiger partial charge in [0.1, 0.15) is 0 Å². The molecule has 10 heteroatoms. The molecule has 0 saturated carbocycles. The Morgan fingerprint density at radius 2 is 1.36 bits per heavy atom. The Kier molecular flexibility index (Phi) is 4.83. The maximum Gasteiger partial charge on any atom is 0.416 e. The summed E-state index contributed by atoms with van der Waals surface area (Å²) in [6, 6.07) is 0.666. The lowest BCUT2D eigenvalue weighted by atomic mass is 10.1. The molecule has 1 aromatic rings. The average molecular weight is 367 g/mol. The predicted molar refractivity (Wildman–Crippen MR) is 73.6 cm³/mol. The number of aliphatic carboxylic acids is 1. The van der Waals surface area contributed by atoms with Crippen LogP contribution in [0.15, 0.2) is 29.3 Å². The third-order valence-corrected chi connectivity index (χ3v) is 3.60. The number of carbonyl (C=O) groups is 2. The minimum Gasteiger partial charge on any atom is -0.478 e. The molecule has 0 aliphatic heterocycles. The summed E-state index contributed by atoms with van der Waals surface area (Å²) < 4.78 is 76.7. The first-order valence-corrected chi connectivity index (χ1v) is 6.95. The lowest BCUT2D eigenvalue weighted by Gasteiger charge is -2.15. The second-order valence-electron chi connectivity index (χ2n) is 5.36. The molecule has 1 amide bonds. The van der Waals surface area contributed by atoms with Crippen LogP contribution in [0.3, 0.4) is 0 Å². The Bertz CT molecular complexity index is 716. The molecule has 1 aromatic carbocycles. The highest BCUT2D eigenvalue weighted by atomic mass is 19.4. The molecule has 0 fully saturated rings. The molecule has 25 heavy (non-hydrogen) atoms. The first-order valence-electron chi connectivity index (χ1n) is 6.95. The zero-order valence-corrected chi connectivity index (χ0v) is 12.4. The summed E-state index contributed by atoms with van der Waals surface area (Å²) >= 11 is 0. The fraction of sp³-hybridized carbons (Fsp3) is 0.333. The van der Waals surface area contributed by atoms with Crippen LogP contribution in [0.4, 0.5) is 32.0 Å². The standard InChI is InChI=1S/C15H11F6NO3/c16-14(17,18)7-4-8(15(19,20)21)6-9(5-7)22-12(23)10-2-1-3-11(10)13(24)25/h4-6H,1-3H2,(H,22,23)(H,24,25). The average Bonchev–Trinajstić information content (AvgIpc) is 2.94. The number of carboxylic acids is 1. The molecule has 2 rings (SSSR count). The van der Waals surface area contributed by atoms with Crippen molar-refractivity contribution in [3.63, 3.8) is 0 Å². The number of halogens is 6. The van der Waals surface area contributed by atoms with E-state index in [-0.39, 0.29) is 30.1 Å². The molecule has 0 aromatic heterocycles. The van der Waals surface area contributed by atoms with E-state index in [0.29, 0.717) is 18.6 Å². The number of hydrogen-bond acceptors (Lipinski definition) is 2. The molecule has 0 radical (unpaired) electrons. The quantitative estimate of drug-likeness (QED) is 0.786. The minimum absolute atomic E-state index is 0.0623. The highest BCUT2D eigenvalue weighted by Gasteiger charge is 2.37. The molecule has 0 saturated heterocycles. The number of carbonyl (C=O) groups excluding carboxylic acids is 1. The van der Waals surface area contributed by atoms with E-state index in [2.05, 4.69) is 0 Å². The minimum atomic E-state index is -5.04. The van der Waals surface area contributed by atoms with Gasteiger partial charge in [-0.3, -0.25) is 4.79 Å². The smallest absolute Gasteiger partial charge is 0.416 e. The van der Waals surface area contributed by atoms with Gasteiger partial charge in [-0.2, -0.15) is 26.3 Å². The highest BCUT2D eigenvalue weighted by Crippen LogP contribution is 2.38. The van der Waals surface area contributed by atoms with Crippen LogP contribution in [0, 0.1) is 0 Å². The number of benzene rings is 1. The molecule has 1 aliphatic carbocycles. The molecule has 0 atom stereocenters. The number of alkyl halides is 6. The van der Waals surface area contributed by atoms with Gasteiger partial charge in [-0.25, -0.2) is 4.79 Å². The van der Waals surface area contributed by atoms with E-state index >= 15 is 0 Å². The summed E-state index contributed by atoms with van der Waals surface area (Å²) in [5.74, 6) is -2.37. The van der Waals surface area contributed by atoms with Gasteiger partial charge in [-0.1, -0.05) is 0 Å². The Morgan fingerprint density at radius 3 is 1.80 bits per heavy atom. The van der Waals surface area contributed by atoms with Gasteiger partial charge < -0.3 is 10.4 Å². The van der Waals surface area contributed by atoms with E-state index in [1.807, 2.05) is 5.32 Å². The van der Waals surface area contributed by atoms with Gasteiger partial charge in [-0.15, -0.1) is 0 Å². The number of hydrogen-bond donors (Lipinski definition) is 2. The zero-order chi connectivity index (χ0) is 19.0. The molecule has 2 N–H and O–H groups in total. The normalized spacial score (nSPS) is 15.4. The Labute approximate surface area is 137 Å². The van der Waals surface area contributed by atoms with Crippen LogP contribution in [-0.2, 0) is 21.9 Å². The Balaban J connectivity index is 2.41. The Morgan fingerprint density at radius 1 is 0.880 bits per heavy atom. The number of nitrogens with one attached hydrogen (secondary N) is 1. The second-order valence-corrected chi connectivity index (χ2v) is 5.36. The van der Waals surface area contributed by atoms with Gasteiger partial charge in [0.25, 0.3) is 5.91 Å². The first-order chi connectivity index (χ1) is 11.4. The molecule has 0 heterocycles. The Hall–Kier alpha value is -2.52. The van der Waals surface area contributed by atoms with Crippen molar-refractivity contribution in [2.75, 3.05) is 5.32 Å². The first kappa shape index (κ1) is 18.8. The van der Waals surface area contributed by atoms with Crippen LogP contribution in [0.25, 0.3) is 0 Å². The van der Waals surface area contributed by atoms with E-state index in [1.165, 1.54) is 0 Å². The van der Waals surface area contributed by atoms with Crippen molar-refractivity contribution in [1.29, 1.82) is 0 Å². The number of carboxylic acid groups (broad SMARTS) is 1. The summed E-state index contributed by atoms with van der Waals surface area (Å²) in [7, 11) is 0. The largest absolute Gasteiger partial charge is 0.478 e. The predicted octanol–water partition coefficient (Wildman–Crippen LogP) is 4.23. The third kappa shape index (κ3) is 4.31. The summed E-state index contributed by atoms with van der Waals surface area (Å²) in [6.07, 6.45) is -9.53. The molecule has 0 spiro atoms. The van der Waals surface area contributed by atoms with E-state index in [1.54, 1.807) is 0 Å². The lowest BCUT2D eigenvalue weighted by Crippen LogP contribution is -2.18. The van der Waals surface area contributed by atoms with Crippen LogP contribution < -0.4 is 5.32 Å². The monoisotopic (exact) mass is 367 g/mol. The maximum absolute atomic E-state index is 12.8. The lowest BCUT2D eigenvalue weighted by molar-refractivity contribution is -0.143. The molecule has 0 bridgehead atoms. The zero-order valence-electron chi connectivity index (χ0n) is 12.4. The summed E-state index contributed by atoms with van der Waals surface area (Å²) in [5.41, 5.74) is -4.21. The third-order valence-electron chi connectivity index (χ3n) is 3.60. The van der Waals surface area contributed by atoms with Crippen molar-refractivity contribution < 1.29 is 41.0 Å². The van der Waals surface area contributed by atoms with Crippen LogP contribution in [0.2, 0.25) is 0 Å².